The summed E-state index contributed by atoms with van der Waals surface area (Å²) in [6.07, 6.45) is 0.215. The highest BCUT2D eigenvalue weighted by Gasteiger charge is 2.22. The van der Waals surface area contributed by atoms with Crippen LogP contribution in [0.15, 0.2) is 48.5 Å². The Hall–Kier alpha value is -3.85. The number of carbonyl (C=O) groups is 2. The van der Waals surface area contributed by atoms with Crippen LogP contribution in [0.3, 0.4) is 0 Å². The van der Waals surface area contributed by atoms with E-state index in [1.807, 2.05) is 6.07 Å². The van der Waals surface area contributed by atoms with Gasteiger partial charge in [-0.3, -0.25) is 9.59 Å². The van der Waals surface area contributed by atoms with Crippen molar-refractivity contribution in [1.82, 2.24) is 5.32 Å². The van der Waals surface area contributed by atoms with Crippen molar-refractivity contribution in [3.05, 3.63) is 70.8 Å². The minimum Gasteiger partial charge on any atom is -0.507 e. The zero-order chi connectivity index (χ0) is 20.3. The van der Waals surface area contributed by atoms with Crippen LogP contribution >= 0.6 is 0 Å². The van der Waals surface area contributed by atoms with Gasteiger partial charge in [-0.2, -0.15) is 5.26 Å². The molecule has 0 aliphatic carbocycles. The predicted molar refractivity (Wildman–Crippen MR) is 104 cm³/mol. The lowest BCUT2D eigenvalue weighted by molar-refractivity contribution is 0.0953. The number of fused-ring (bicyclic) bond motifs is 1. The fourth-order valence-corrected chi connectivity index (χ4v) is 3.06. The van der Waals surface area contributed by atoms with Gasteiger partial charge in [0, 0.05) is 34.0 Å². The van der Waals surface area contributed by atoms with Crippen LogP contribution < -0.4 is 5.32 Å². The van der Waals surface area contributed by atoms with Gasteiger partial charge in [0.25, 0.3) is 5.91 Å². The summed E-state index contributed by atoms with van der Waals surface area (Å²) in [5, 5.41) is 33.0. The molecule has 0 aliphatic heterocycles. The second kappa shape index (κ2) is 7.80. The van der Waals surface area contributed by atoms with E-state index < -0.39 is 5.78 Å². The SMILES string of the molecule is Cc1c(C(=O)c2ccc(C(=O)NCCC#N)cc2)c(O)c2ccccc2c1O. The van der Waals surface area contributed by atoms with Gasteiger partial charge in [0.1, 0.15) is 11.5 Å². The summed E-state index contributed by atoms with van der Waals surface area (Å²) in [5.74, 6) is -1.02. The number of ketones is 1. The smallest absolute Gasteiger partial charge is 0.251 e. The third-order valence-electron chi connectivity index (χ3n) is 4.56. The van der Waals surface area contributed by atoms with Gasteiger partial charge in [-0.1, -0.05) is 36.4 Å². The van der Waals surface area contributed by atoms with Gasteiger partial charge in [0.15, 0.2) is 5.78 Å². The molecule has 0 heterocycles. The molecule has 1 amide bonds. The second-order valence-corrected chi connectivity index (χ2v) is 6.31. The van der Waals surface area contributed by atoms with Crippen molar-refractivity contribution in [3.63, 3.8) is 0 Å². The fraction of sp³-hybridized carbons (Fsp3) is 0.136. The molecule has 0 atom stereocenters. The summed E-state index contributed by atoms with van der Waals surface area (Å²) in [5.41, 5.74) is 0.959. The maximum absolute atomic E-state index is 13.0. The minimum atomic E-state index is -0.451. The molecule has 3 aromatic rings. The molecule has 3 N–H and O–H groups in total. The van der Waals surface area contributed by atoms with E-state index in [4.69, 9.17) is 5.26 Å². The first-order chi connectivity index (χ1) is 13.5. The third kappa shape index (κ3) is 3.38. The lowest BCUT2D eigenvalue weighted by atomic mass is 9.93. The van der Waals surface area contributed by atoms with Crippen molar-refractivity contribution in [2.75, 3.05) is 6.54 Å². The van der Waals surface area contributed by atoms with E-state index in [2.05, 4.69) is 5.32 Å². The van der Waals surface area contributed by atoms with Crippen molar-refractivity contribution < 1.29 is 19.8 Å². The van der Waals surface area contributed by atoms with E-state index in [1.54, 1.807) is 31.2 Å². The number of aromatic hydroxyl groups is 2. The molecular weight excluding hydrogens is 356 g/mol. The van der Waals surface area contributed by atoms with E-state index in [1.165, 1.54) is 24.3 Å². The molecule has 0 spiro atoms. The van der Waals surface area contributed by atoms with Crippen LogP contribution in [0.5, 0.6) is 11.5 Å². The van der Waals surface area contributed by atoms with Crippen molar-refractivity contribution in [2.24, 2.45) is 0 Å². The van der Waals surface area contributed by atoms with Crippen LogP contribution in [0.2, 0.25) is 0 Å². The molecule has 0 bridgehead atoms. The third-order valence-corrected chi connectivity index (χ3v) is 4.56. The Morgan fingerprint density at radius 1 is 0.964 bits per heavy atom. The van der Waals surface area contributed by atoms with E-state index in [0.29, 0.717) is 21.9 Å². The molecule has 0 unspecified atom stereocenters. The minimum absolute atomic E-state index is 0.0300. The zero-order valence-electron chi connectivity index (χ0n) is 15.2. The molecule has 0 aliphatic rings. The summed E-state index contributed by atoms with van der Waals surface area (Å²) in [6, 6.07) is 14.7. The highest BCUT2D eigenvalue weighted by molar-refractivity contribution is 6.16. The highest BCUT2D eigenvalue weighted by atomic mass is 16.3. The number of carbonyl (C=O) groups excluding carboxylic acids is 2. The summed E-state index contributed by atoms with van der Waals surface area (Å²) in [7, 11) is 0. The van der Waals surface area contributed by atoms with Crippen LogP contribution in [0.1, 0.15) is 38.3 Å². The maximum Gasteiger partial charge on any atom is 0.251 e. The summed E-state index contributed by atoms with van der Waals surface area (Å²) in [6.45, 7) is 1.82. The number of phenolic OH excluding ortho intramolecular Hbond substituents is 2. The van der Waals surface area contributed by atoms with Crippen LogP contribution in [0.25, 0.3) is 10.8 Å². The van der Waals surface area contributed by atoms with Crippen molar-refractivity contribution in [2.45, 2.75) is 13.3 Å². The average Bonchev–Trinajstić information content (AvgIpc) is 2.72. The first kappa shape index (κ1) is 18.9. The Morgan fingerprint density at radius 3 is 2.14 bits per heavy atom. The molecule has 6 heteroatoms. The number of nitriles is 1. The van der Waals surface area contributed by atoms with E-state index in [9.17, 15) is 19.8 Å². The number of rotatable bonds is 5. The van der Waals surface area contributed by atoms with Crippen molar-refractivity contribution in [1.29, 1.82) is 5.26 Å². The molecule has 140 valence electrons. The number of amides is 1. The van der Waals surface area contributed by atoms with Gasteiger partial charge in [0.05, 0.1) is 18.1 Å². The number of hydrogen-bond acceptors (Lipinski definition) is 5. The second-order valence-electron chi connectivity index (χ2n) is 6.31. The Bertz CT molecular complexity index is 1110. The molecule has 0 saturated heterocycles. The lowest BCUT2D eigenvalue weighted by Gasteiger charge is -2.13. The van der Waals surface area contributed by atoms with Gasteiger partial charge in [-0.25, -0.2) is 0 Å². The first-order valence-electron chi connectivity index (χ1n) is 8.68. The number of nitrogens with one attached hydrogen (secondary N) is 1. The van der Waals surface area contributed by atoms with Crippen LogP contribution in [0.4, 0.5) is 0 Å². The van der Waals surface area contributed by atoms with Crippen LogP contribution in [-0.2, 0) is 0 Å². The van der Waals surface area contributed by atoms with Gasteiger partial charge >= 0.3 is 0 Å². The fourth-order valence-electron chi connectivity index (χ4n) is 3.06. The number of nitrogens with zero attached hydrogens (tertiary/aromatic N) is 1. The molecular formula is C22H18N2O4. The van der Waals surface area contributed by atoms with Crippen LogP contribution in [-0.4, -0.2) is 28.4 Å². The molecule has 0 fully saturated rings. The quantitative estimate of drug-likeness (QED) is 0.360. The molecule has 3 rings (SSSR count). The van der Waals surface area contributed by atoms with Crippen molar-refractivity contribution in [3.8, 4) is 17.6 Å². The molecule has 0 aromatic heterocycles. The van der Waals surface area contributed by atoms with Gasteiger partial charge in [-0.15, -0.1) is 0 Å². The number of hydrogen-bond donors (Lipinski definition) is 3. The van der Waals surface area contributed by atoms with E-state index in [0.717, 1.165) is 0 Å². The predicted octanol–water partition coefficient (Wildman–Crippen LogP) is 3.43. The average molecular weight is 374 g/mol. The highest BCUT2D eigenvalue weighted by Crippen LogP contribution is 2.39. The zero-order valence-corrected chi connectivity index (χ0v) is 15.2. The summed E-state index contributed by atoms with van der Waals surface area (Å²) >= 11 is 0. The monoisotopic (exact) mass is 374 g/mol. The normalized spacial score (nSPS) is 10.4. The van der Waals surface area contributed by atoms with Gasteiger partial charge < -0.3 is 15.5 Å². The summed E-state index contributed by atoms with van der Waals surface area (Å²) < 4.78 is 0. The number of benzene rings is 3. The molecule has 0 radical (unpaired) electrons. The number of phenols is 2. The lowest BCUT2D eigenvalue weighted by Crippen LogP contribution is -2.24. The Kier molecular flexibility index (Phi) is 5.28. The molecule has 3 aromatic carbocycles. The first-order valence-corrected chi connectivity index (χ1v) is 8.68. The maximum atomic E-state index is 13.0. The van der Waals surface area contributed by atoms with Crippen LogP contribution in [0, 0.1) is 18.3 Å². The van der Waals surface area contributed by atoms with E-state index in [-0.39, 0.29) is 41.5 Å². The Morgan fingerprint density at radius 2 is 1.54 bits per heavy atom. The van der Waals surface area contributed by atoms with E-state index >= 15 is 0 Å². The molecule has 28 heavy (non-hydrogen) atoms. The Labute approximate surface area is 161 Å². The summed E-state index contributed by atoms with van der Waals surface area (Å²) in [4.78, 5) is 25.0. The largest absolute Gasteiger partial charge is 0.507 e. The molecule has 0 saturated carbocycles. The standard InChI is InChI=1S/C22H18N2O4/c1-13-18(21(27)17-6-3-2-5-16(17)19(13)25)20(26)14-7-9-15(10-8-14)22(28)24-12-4-11-23/h2-3,5-10,25,27H,4,12H2,1H3,(H,24,28). The van der Waals surface area contributed by atoms with Crippen molar-refractivity contribution >= 4 is 22.5 Å². The van der Waals surface area contributed by atoms with Gasteiger partial charge in [-0.05, 0) is 19.1 Å². The Balaban J connectivity index is 1.95. The topological polar surface area (TPSA) is 110 Å². The van der Waals surface area contributed by atoms with Gasteiger partial charge in [0.2, 0.25) is 0 Å². The molecule has 6 nitrogen and oxygen atoms in total.